The molecule has 0 heterocycles. The first-order chi connectivity index (χ1) is 8.90. The van der Waals surface area contributed by atoms with E-state index in [4.69, 9.17) is 4.74 Å². The van der Waals surface area contributed by atoms with Gasteiger partial charge in [-0.3, -0.25) is 9.59 Å². The van der Waals surface area contributed by atoms with Crippen LogP contribution in [0.4, 0.5) is 4.39 Å². The number of carbonyl (C=O) groups is 2. The lowest BCUT2D eigenvalue weighted by atomic mass is 10.3. The summed E-state index contributed by atoms with van der Waals surface area (Å²) in [5, 5.41) is 2.38. The van der Waals surface area contributed by atoms with E-state index in [9.17, 15) is 14.0 Å². The molecule has 1 aromatic carbocycles. The highest BCUT2D eigenvalue weighted by atomic mass is 79.9. The summed E-state index contributed by atoms with van der Waals surface area (Å²) in [6.07, 6.45) is 0. The van der Waals surface area contributed by atoms with E-state index in [2.05, 4.69) is 21.2 Å². The Morgan fingerprint density at radius 3 is 2.68 bits per heavy atom. The second-order valence-electron chi connectivity index (χ2n) is 3.93. The molecule has 104 valence electrons. The summed E-state index contributed by atoms with van der Waals surface area (Å²) >= 11 is 3.11. The molecule has 1 aromatic rings. The van der Waals surface area contributed by atoms with Gasteiger partial charge >= 0.3 is 0 Å². The SMILES string of the molecule is CN(C)C(=O)CNC(=O)COc1ccc(Br)cc1F. The number of nitrogens with zero attached hydrogens (tertiary/aromatic N) is 1. The fraction of sp³-hybridized carbons (Fsp3) is 0.333. The van der Waals surface area contributed by atoms with Crippen LogP contribution in [0.15, 0.2) is 22.7 Å². The van der Waals surface area contributed by atoms with E-state index in [0.29, 0.717) is 4.47 Å². The molecular formula is C12H14BrFN2O3. The summed E-state index contributed by atoms with van der Waals surface area (Å²) in [7, 11) is 3.17. The van der Waals surface area contributed by atoms with E-state index in [1.54, 1.807) is 20.2 Å². The van der Waals surface area contributed by atoms with Crippen LogP contribution in [0.2, 0.25) is 0 Å². The Labute approximate surface area is 118 Å². The maximum Gasteiger partial charge on any atom is 0.258 e. The maximum absolute atomic E-state index is 13.4. The van der Waals surface area contributed by atoms with E-state index in [1.165, 1.54) is 17.0 Å². The fourth-order valence-corrected chi connectivity index (χ4v) is 1.45. The highest BCUT2D eigenvalue weighted by Gasteiger charge is 2.09. The lowest BCUT2D eigenvalue weighted by molar-refractivity contribution is -0.131. The van der Waals surface area contributed by atoms with E-state index in [0.717, 1.165) is 0 Å². The average Bonchev–Trinajstić information content (AvgIpc) is 2.34. The Morgan fingerprint density at radius 2 is 2.11 bits per heavy atom. The van der Waals surface area contributed by atoms with E-state index in [1.807, 2.05) is 0 Å². The monoisotopic (exact) mass is 332 g/mol. The molecule has 19 heavy (non-hydrogen) atoms. The fourth-order valence-electron chi connectivity index (χ4n) is 1.12. The van der Waals surface area contributed by atoms with Gasteiger partial charge in [-0.15, -0.1) is 0 Å². The second-order valence-corrected chi connectivity index (χ2v) is 4.84. The summed E-state index contributed by atoms with van der Waals surface area (Å²) in [5.41, 5.74) is 0. The van der Waals surface area contributed by atoms with Gasteiger partial charge < -0.3 is 15.0 Å². The van der Waals surface area contributed by atoms with Crippen LogP contribution in [0.25, 0.3) is 0 Å². The van der Waals surface area contributed by atoms with Crippen molar-refractivity contribution in [3.8, 4) is 5.75 Å². The van der Waals surface area contributed by atoms with Gasteiger partial charge in [0.05, 0.1) is 6.54 Å². The molecule has 0 fully saturated rings. The van der Waals surface area contributed by atoms with Crippen LogP contribution in [0, 0.1) is 5.82 Å². The number of hydrogen-bond donors (Lipinski definition) is 1. The van der Waals surface area contributed by atoms with Crippen LogP contribution in [-0.2, 0) is 9.59 Å². The lowest BCUT2D eigenvalue weighted by Crippen LogP contribution is -2.38. The number of nitrogens with one attached hydrogen (secondary N) is 1. The molecule has 0 aliphatic rings. The number of likely N-dealkylation sites (N-methyl/N-ethyl adjacent to an activating group) is 1. The van der Waals surface area contributed by atoms with Crippen molar-refractivity contribution >= 4 is 27.7 Å². The molecule has 0 radical (unpaired) electrons. The number of ether oxygens (including phenoxy) is 1. The van der Waals surface area contributed by atoms with Gasteiger partial charge in [0.2, 0.25) is 5.91 Å². The third kappa shape index (κ3) is 5.25. The number of halogens is 2. The van der Waals surface area contributed by atoms with Crippen molar-refractivity contribution in [1.29, 1.82) is 0 Å². The van der Waals surface area contributed by atoms with Crippen LogP contribution in [0.1, 0.15) is 0 Å². The Kier molecular flexibility index (Phi) is 5.75. The predicted octanol–water partition coefficient (Wildman–Crippen LogP) is 1.17. The van der Waals surface area contributed by atoms with Gasteiger partial charge in [-0.2, -0.15) is 0 Å². The molecule has 0 aromatic heterocycles. The Hall–Kier alpha value is -1.63. The molecule has 0 aliphatic heterocycles. The third-order valence-electron chi connectivity index (χ3n) is 2.19. The van der Waals surface area contributed by atoms with Gasteiger partial charge in [-0.25, -0.2) is 4.39 Å². The van der Waals surface area contributed by atoms with Crippen molar-refractivity contribution in [2.45, 2.75) is 0 Å². The van der Waals surface area contributed by atoms with Crippen LogP contribution in [0.3, 0.4) is 0 Å². The van der Waals surface area contributed by atoms with Crippen LogP contribution < -0.4 is 10.1 Å². The summed E-state index contributed by atoms with van der Waals surface area (Å²) in [6.45, 7) is -0.461. The molecule has 0 unspecified atom stereocenters. The van der Waals surface area contributed by atoms with Crippen molar-refractivity contribution in [1.82, 2.24) is 10.2 Å². The van der Waals surface area contributed by atoms with Crippen molar-refractivity contribution in [2.24, 2.45) is 0 Å². The Morgan fingerprint density at radius 1 is 1.42 bits per heavy atom. The highest BCUT2D eigenvalue weighted by molar-refractivity contribution is 9.10. The Bertz CT molecular complexity index is 480. The molecule has 0 spiro atoms. The zero-order valence-electron chi connectivity index (χ0n) is 10.6. The zero-order chi connectivity index (χ0) is 14.4. The van der Waals surface area contributed by atoms with E-state index >= 15 is 0 Å². The predicted molar refractivity (Wildman–Crippen MR) is 71.3 cm³/mol. The van der Waals surface area contributed by atoms with Crippen molar-refractivity contribution in [3.05, 3.63) is 28.5 Å². The summed E-state index contributed by atoms with van der Waals surface area (Å²) in [6, 6.07) is 4.26. The average molecular weight is 333 g/mol. The third-order valence-corrected chi connectivity index (χ3v) is 2.68. The van der Waals surface area contributed by atoms with Gasteiger partial charge in [0.1, 0.15) is 0 Å². The first kappa shape index (κ1) is 15.4. The molecule has 0 bridgehead atoms. The molecule has 5 nitrogen and oxygen atoms in total. The molecule has 2 amide bonds. The molecule has 0 saturated carbocycles. The maximum atomic E-state index is 13.4. The lowest BCUT2D eigenvalue weighted by Gasteiger charge is -2.11. The topological polar surface area (TPSA) is 58.6 Å². The van der Waals surface area contributed by atoms with Crippen LogP contribution in [-0.4, -0.2) is 44.0 Å². The quantitative estimate of drug-likeness (QED) is 0.880. The minimum Gasteiger partial charge on any atom is -0.481 e. The smallest absolute Gasteiger partial charge is 0.258 e. The van der Waals surface area contributed by atoms with Gasteiger partial charge in [-0.05, 0) is 18.2 Å². The summed E-state index contributed by atoms with van der Waals surface area (Å²) in [4.78, 5) is 24.0. The number of carbonyl (C=O) groups excluding carboxylic acids is 2. The number of amides is 2. The van der Waals surface area contributed by atoms with Gasteiger partial charge in [0.15, 0.2) is 18.2 Å². The first-order valence-corrected chi connectivity index (χ1v) is 6.24. The normalized spacial score (nSPS) is 9.89. The summed E-state index contributed by atoms with van der Waals surface area (Å²) < 4.78 is 19.0. The molecule has 0 saturated heterocycles. The molecular weight excluding hydrogens is 319 g/mol. The van der Waals surface area contributed by atoms with Gasteiger partial charge in [0, 0.05) is 18.6 Å². The number of rotatable bonds is 5. The molecule has 1 rings (SSSR count). The van der Waals surface area contributed by atoms with E-state index in [-0.39, 0.29) is 24.8 Å². The van der Waals surface area contributed by atoms with E-state index < -0.39 is 11.7 Å². The molecule has 7 heteroatoms. The van der Waals surface area contributed by atoms with Crippen molar-refractivity contribution < 1.29 is 18.7 Å². The highest BCUT2D eigenvalue weighted by Crippen LogP contribution is 2.21. The number of hydrogen-bond acceptors (Lipinski definition) is 3. The molecule has 1 N–H and O–H groups in total. The van der Waals surface area contributed by atoms with Gasteiger partial charge in [-0.1, -0.05) is 15.9 Å². The summed E-state index contributed by atoms with van der Waals surface area (Å²) in [5.74, 6) is -1.30. The minimum absolute atomic E-state index is 0.0164. The second kappa shape index (κ2) is 7.08. The van der Waals surface area contributed by atoms with Crippen molar-refractivity contribution in [2.75, 3.05) is 27.2 Å². The van der Waals surface area contributed by atoms with Crippen LogP contribution >= 0.6 is 15.9 Å². The minimum atomic E-state index is -0.563. The molecule has 0 atom stereocenters. The van der Waals surface area contributed by atoms with Crippen LogP contribution in [0.5, 0.6) is 5.75 Å². The number of benzene rings is 1. The standard InChI is InChI=1S/C12H14BrFN2O3/c1-16(2)12(18)6-15-11(17)7-19-10-4-3-8(13)5-9(10)14/h3-5H,6-7H2,1-2H3,(H,15,17). The first-order valence-electron chi connectivity index (χ1n) is 5.45. The van der Waals surface area contributed by atoms with Crippen molar-refractivity contribution in [3.63, 3.8) is 0 Å². The molecule has 0 aliphatic carbocycles. The van der Waals surface area contributed by atoms with Gasteiger partial charge in [0.25, 0.3) is 5.91 Å². The Balaban J connectivity index is 2.40. The zero-order valence-corrected chi connectivity index (χ0v) is 12.2. The largest absolute Gasteiger partial charge is 0.481 e.